The minimum Gasteiger partial charge on any atom is -0.397 e. The molecule has 0 aliphatic heterocycles. The van der Waals surface area contributed by atoms with Crippen LogP contribution in [0.1, 0.15) is 23.3 Å². The molecule has 2 heterocycles. The van der Waals surface area contributed by atoms with Gasteiger partial charge in [0.15, 0.2) is 0 Å². The van der Waals surface area contributed by atoms with Crippen molar-refractivity contribution in [2.75, 3.05) is 5.73 Å². The van der Waals surface area contributed by atoms with Gasteiger partial charge in [-0.25, -0.2) is 0 Å². The molecule has 3 rings (SSSR count). The number of aromatic nitrogens is 1. The maximum atomic E-state index is 11.5. The van der Waals surface area contributed by atoms with Gasteiger partial charge in [-0.15, -0.1) is 11.3 Å². The molecule has 0 saturated carbocycles. The van der Waals surface area contributed by atoms with Crippen LogP contribution in [-0.4, -0.2) is 4.98 Å². The molecular weight excluding hydrogens is 244 g/mol. The van der Waals surface area contributed by atoms with E-state index in [4.69, 9.17) is 17.3 Å². The Kier molecular flexibility index (Phi) is 2.23. The lowest BCUT2D eigenvalue weighted by Crippen LogP contribution is -2.09. The molecular formula is C11H11ClN2OS. The maximum Gasteiger partial charge on any atom is 0.269 e. The maximum absolute atomic E-state index is 11.5. The van der Waals surface area contributed by atoms with Gasteiger partial charge in [0.1, 0.15) is 9.85 Å². The highest BCUT2D eigenvalue weighted by Gasteiger charge is 2.20. The summed E-state index contributed by atoms with van der Waals surface area (Å²) in [5, 5.41) is 1.10. The highest BCUT2D eigenvalue weighted by Crippen LogP contribution is 2.39. The first kappa shape index (κ1) is 10.2. The van der Waals surface area contributed by atoms with Crippen molar-refractivity contribution in [3.05, 3.63) is 25.8 Å². The van der Waals surface area contributed by atoms with Crippen LogP contribution in [0.15, 0.2) is 4.79 Å². The van der Waals surface area contributed by atoms with Gasteiger partial charge in [-0.1, -0.05) is 11.6 Å². The van der Waals surface area contributed by atoms with Crippen molar-refractivity contribution in [1.29, 1.82) is 0 Å². The largest absolute Gasteiger partial charge is 0.397 e. The fourth-order valence-electron chi connectivity index (χ4n) is 2.33. The van der Waals surface area contributed by atoms with Crippen molar-refractivity contribution in [2.45, 2.75) is 25.7 Å². The van der Waals surface area contributed by atoms with Crippen molar-refractivity contribution in [3.63, 3.8) is 0 Å². The van der Waals surface area contributed by atoms with Crippen LogP contribution in [0.5, 0.6) is 0 Å². The summed E-state index contributed by atoms with van der Waals surface area (Å²) in [6.07, 6.45) is 4.54. The predicted molar refractivity (Wildman–Crippen MR) is 68.5 cm³/mol. The molecule has 16 heavy (non-hydrogen) atoms. The van der Waals surface area contributed by atoms with E-state index in [0.717, 1.165) is 23.1 Å². The lowest BCUT2D eigenvalue weighted by atomic mass is 9.96. The number of hydrogen-bond donors (Lipinski definition) is 2. The first-order chi connectivity index (χ1) is 7.68. The van der Waals surface area contributed by atoms with Gasteiger partial charge in [0, 0.05) is 10.3 Å². The number of nitrogens with one attached hydrogen (secondary N) is 1. The van der Waals surface area contributed by atoms with E-state index in [-0.39, 0.29) is 10.6 Å². The number of nitrogen functional groups attached to an aromatic ring is 1. The fourth-order valence-corrected chi connectivity index (χ4v) is 3.77. The molecule has 1 aliphatic rings. The fraction of sp³-hybridized carbons (Fsp3) is 0.364. The van der Waals surface area contributed by atoms with Crippen molar-refractivity contribution >= 4 is 38.8 Å². The molecule has 0 radical (unpaired) electrons. The van der Waals surface area contributed by atoms with Crippen LogP contribution in [0.2, 0.25) is 5.02 Å². The molecule has 2 aromatic rings. The molecule has 5 heteroatoms. The minimum absolute atomic E-state index is 0.124. The number of anilines is 1. The summed E-state index contributed by atoms with van der Waals surface area (Å²) in [5.74, 6) is 0. The molecule has 0 aromatic carbocycles. The molecule has 0 bridgehead atoms. The number of fused-ring (bicyclic) bond motifs is 3. The number of rotatable bonds is 0. The second kappa shape index (κ2) is 3.50. The highest BCUT2D eigenvalue weighted by molar-refractivity contribution is 7.19. The van der Waals surface area contributed by atoms with Gasteiger partial charge in [-0.3, -0.25) is 4.79 Å². The van der Waals surface area contributed by atoms with Gasteiger partial charge in [0.05, 0.1) is 5.69 Å². The highest BCUT2D eigenvalue weighted by atomic mass is 35.5. The van der Waals surface area contributed by atoms with Crippen LogP contribution in [0, 0.1) is 0 Å². The summed E-state index contributed by atoms with van der Waals surface area (Å²) < 4.78 is 0. The Hall–Kier alpha value is -1.00. The van der Waals surface area contributed by atoms with Gasteiger partial charge in [0.2, 0.25) is 0 Å². The zero-order chi connectivity index (χ0) is 11.3. The van der Waals surface area contributed by atoms with Crippen LogP contribution < -0.4 is 11.3 Å². The molecule has 0 fully saturated rings. The number of aryl methyl sites for hydroxylation is 2. The number of hydrogen-bond acceptors (Lipinski definition) is 3. The third-order valence-electron chi connectivity index (χ3n) is 3.10. The van der Waals surface area contributed by atoms with Crippen LogP contribution in [0.4, 0.5) is 5.69 Å². The summed E-state index contributed by atoms with van der Waals surface area (Å²) in [7, 11) is 0. The van der Waals surface area contributed by atoms with E-state index in [1.807, 2.05) is 0 Å². The smallest absolute Gasteiger partial charge is 0.269 e. The standard InChI is InChI=1S/C11H11ClN2OS/c12-8-9(13)7-5-3-1-2-4-6(5)16-11(7)14-10(8)15/h1-4H2,(H3,13,14,15). The number of thiophene rings is 1. The second-order valence-corrected chi connectivity index (χ2v) is 5.58. The molecule has 0 amide bonds. The Balaban J connectivity index is 2.45. The Morgan fingerprint density at radius 2 is 2.06 bits per heavy atom. The van der Waals surface area contributed by atoms with Crippen LogP contribution in [0.25, 0.3) is 10.2 Å². The van der Waals surface area contributed by atoms with E-state index in [1.165, 1.54) is 23.3 Å². The Bertz CT molecular complexity index is 629. The molecule has 0 atom stereocenters. The summed E-state index contributed by atoms with van der Waals surface area (Å²) >= 11 is 7.53. The van der Waals surface area contributed by atoms with Gasteiger partial charge < -0.3 is 10.7 Å². The SMILES string of the molecule is Nc1c(Cl)c(=O)[nH]c2sc3c(c12)CCCC3. The quantitative estimate of drug-likeness (QED) is 0.759. The first-order valence-electron chi connectivity index (χ1n) is 5.30. The third kappa shape index (κ3) is 1.30. The molecule has 3 N–H and O–H groups in total. The summed E-state index contributed by atoms with van der Waals surface area (Å²) in [4.78, 5) is 16.5. The molecule has 84 valence electrons. The molecule has 0 spiro atoms. The van der Waals surface area contributed by atoms with E-state index in [9.17, 15) is 4.79 Å². The monoisotopic (exact) mass is 254 g/mol. The second-order valence-electron chi connectivity index (χ2n) is 4.10. The summed E-state index contributed by atoms with van der Waals surface area (Å²) in [6, 6.07) is 0. The minimum atomic E-state index is -0.287. The summed E-state index contributed by atoms with van der Waals surface area (Å²) in [5.41, 5.74) is 7.39. The molecule has 0 unspecified atom stereocenters. The third-order valence-corrected chi connectivity index (χ3v) is 4.69. The van der Waals surface area contributed by atoms with Crippen LogP contribution >= 0.6 is 22.9 Å². The van der Waals surface area contributed by atoms with E-state index < -0.39 is 0 Å². The van der Waals surface area contributed by atoms with Crippen LogP contribution in [0.3, 0.4) is 0 Å². The topological polar surface area (TPSA) is 58.9 Å². The number of aromatic amines is 1. The van der Waals surface area contributed by atoms with Crippen molar-refractivity contribution < 1.29 is 0 Å². The molecule has 0 saturated heterocycles. The van der Waals surface area contributed by atoms with Gasteiger partial charge in [-0.05, 0) is 31.2 Å². The molecule has 3 nitrogen and oxygen atoms in total. The molecule has 2 aromatic heterocycles. The van der Waals surface area contributed by atoms with Crippen molar-refractivity contribution in [1.82, 2.24) is 4.98 Å². The van der Waals surface area contributed by atoms with Crippen molar-refractivity contribution in [3.8, 4) is 0 Å². The number of pyridine rings is 1. The molecule has 1 aliphatic carbocycles. The normalized spacial score (nSPS) is 15.3. The van der Waals surface area contributed by atoms with Gasteiger partial charge in [0.25, 0.3) is 5.56 Å². The Morgan fingerprint density at radius 1 is 1.31 bits per heavy atom. The average Bonchev–Trinajstić information content (AvgIpc) is 2.64. The van der Waals surface area contributed by atoms with E-state index >= 15 is 0 Å². The van der Waals surface area contributed by atoms with Gasteiger partial charge >= 0.3 is 0 Å². The number of H-pyrrole nitrogens is 1. The lowest BCUT2D eigenvalue weighted by molar-refractivity contribution is 0.700. The van der Waals surface area contributed by atoms with Gasteiger partial charge in [-0.2, -0.15) is 0 Å². The zero-order valence-electron chi connectivity index (χ0n) is 8.60. The predicted octanol–water partition coefficient (Wildman–Crippen LogP) is 2.70. The first-order valence-corrected chi connectivity index (χ1v) is 6.49. The van der Waals surface area contributed by atoms with Crippen LogP contribution in [-0.2, 0) is 12.8 Å². The number of halogens is 1. The average molecular weight is 255 g/mol. The lowest BCUT2D eigenvalue weighted by Gasteiger charge is -2.11. The van der Waals surface area contributed by atoms with E-state index in [0.29, 0.717) is 5.69 Å². The Labute approximate surface area is 101 Å². The van der Waals surface area contributed by atoms with E-state index in [2.05, 4.69) is 4.98 Å². The van der Waals surface area contributed by atoms with Crippen molar-refractivity contribution in [2.24, 2.45) is 0 Å². The Morgan fingerprint density at radius 3 is 2.88 bits per heavy atom. The summed E-state index contributed by atoms with van der Waals surface area (Å²) in [6.45, 7) is 0. The number of nitrogens with two attached hydrogens (primary N) is 1. The van der Waals surface area contributed by atoms with E-state index in [1.54, 1.807) is 11.3 Å². The zero-order valence-corrected chi connectivity index (χ0v) is 10.2.